The van der Waals surface area contributed by atoms with E-state index in [0.717, 1.165) is 12.8 Å². The Morgan fingerprint density at radius 2 is 2.11 bits per heavy atom. The third-order valence-corrected chi connectivity index (χ3v) is 3.36. The van der Waals surface area contributed by atoms with Crippen molar-refractivity contribution in [3.8, 4) is 0 Å². The van der Waals surface area contributed by atoms with Gasteiger partial charge in [-0.3, -0.25) is 4.79 Å². The average molecular weight is 272 g/mol. The monoisotopic (exact) mass is 272 g/mol. The van der Waals surface area contributed by atoms with Crippen LogP contribution in [0.4, 0.5) is 0 Å². The van der Waals surface area contributed by atoms with E-state index in [9.17, 15) is 9.90 Å². The number of aliphatic hydroxyl groups excluding tert-OH is 1. The maximum Gasteiger partial charge on any atom is 0.221 e. The highest BCUT2D eigenvalue weighted by atomic mass is 16.5. The Morgan fingerprint density at radius 3 is 2.79 bits per heavy atom. The average Bonchev–Trinajstić information content (AvgIpc) is 2.43. The van der Waals surface area contributed by atoms with E-state index in [-0.39, 0.29) is 5.91 Å². The van der Waals surface area contributed by atoms with E-state index in [1.165, 1.54) is 19.3 Å². The number of carbonyl (C=O) groups excluding carboxylic acids is 1. The van der Waals surface area contributed by atoms with Crippen molar-refractivity contribution in [3.63, 3.8) is 0 Å². The molecule has 19 heavy (non-hydrogen) atoms. The van der Waals surface area contributed by atoms with Gasteiger partial charge in [0.25, 0.3) is 0 Å². The highest BCUT2D eigenvalue weighted by molar-refractivity contribution is 5.75. The molecular weight excluding hydrogens is 244 g/mol. The third-order valence-electron chi connectivity index (χ3n) is 3.36. The van der Waals surface area contributed by atoms with Gasteiger partial charge in [0, 0.05) is 26.1 Å². The molecule has 0 spiro atoms. The highest BCUT2D eigenvalue weighted by Gasteiger charge is 2.15. The molecule has 1 saturated carbocycles. The maximum absolute atomic E-state index is 11.2. The number of aliphatic hydroxyl groups is 1. The predicted molar refractivity (Wildman–Crippen MR) is 75.0 cm³/mol. The molecule has 0 aromatic heterocycles. The Kier molecular flexibility index (Phi) is 8.79. The number of ether oxygens (including phenoxy) is 1. The van der Waals surface area contributed by atoms with Crippen molar-refractivity contribution in [2.24, 2.45) is 0 Å². The second-order valence-electron chi connectivity index (χ2n) is 5.15. The molecule has 5 heteroatoms. The van der Waals surface area contributed by atoms with Crippen molar-refractivity contribution in [3.05, 3.63) is 0 Å². The molecule has 1 atom stereocenters. The molecule has 1 aliphatic carbocycles. The summed E-state index contributed by atoms with van der Waals surface area (Å²) in [7, 11) is 0. The van der Waals surface area contributed by atoms with Crippen LogP contribution in [0.2, 0.25) is 0 Å². The van der Waals surface area contributed by atoms with Crippen molar-refractivity contribution < 1.29 is 14.6 Å². The van der Waals surface area contributed by atoms with E-state index in [1.807, 2.05) is 6.92 Å². The molecule has 5 nitrogen and oxygen atoms in total. The molecule has 0 radical (unpaired) electrons. The van der Waals surface area contributed by atoms with Crippen LogP contribution in [0, 0.1) is 0 Å². The fraction of sp³-hybridized carbons (Fsp3) is 0.929. The van der Waals surface area contributed by atoms with Crippen LogP contribution in [-0.2, 0) is 9.53 Å². The lowest BCUT2D eigenvalue weighted by Gasteiger charge is -2.23. The summed E-state index contributed by atoms with van der Waals surface area (Å²) in [5.74, 6) is 0.0444. The van der Waals surface area contributed by atoms with E-state index in [0.29, 0.717) is 38.8 Å². The first kappa shape index (κ1) is 16.4. The van der Waals surface area contributed by atoms with Gasteiger partial charge in [0.05, 0.1) is 18.8 Å². The van der Waals surface area contributed by atoms with Gasteiger partial charge in [0.2, 0.25) is 5.91 Å². The zero-order valence-corrected chi connectivity index (χ0v) is 12.0. The van der Waals surface area contributed by atoms with Crippen LogP contribution >= 0.6 is 0 Å². The molecule has 0 bridgehead atoms. The highest BCUT2D eigenvalue weighted by Crippen LogP contribution is 2.20. The summed E-state index contributed by atoms with van der Waals surface area (Å²) in [6, 6.07) is 0. The Balaban J connectivity index is 1.95. The smallest absolute Gasteiger partial charge is 0.221 e. The summed E-state index contributed by atoms with van der Waals surface area (Å²) in [5.41, 5.74) is 0. The van der Waals surface area contributed by atoms with Crippen molar-refractivity contribution in [2.75, 3.05) is 26.2 Å². The summed E-state index contributed by atoms with van der Waals surface area (Å²) in [6.45, 7) is 4.02. The fourth-order valence-electron chi connectivity index (χ4n) is 2.29. The van der Waals surface area contributed by atoms with Crippen LogP contribution in [0.15, 0.2) is 0 Å². The van der Waals surface area contributed by atoms with Gasteiger partial charge in [-0.05, 0) is 19.8 Å². The molecule has 0 heterocycles. The normalized spacial score (nSPS) is 18.2. The largest absolute Gasteiger partial charge is 0.389 e. The zero-order valence-electron chi connectivity index (χ0n) is 12.0. The van der Waals surface area contributed by atoms with Crippen LogP contribution in [0.25, 0.3) is 0 Å². The van der Waals surface area contributed by atoms with Crippen molar-refractivity contribution in [1.29, 1.82) is 0 Å². The van der Waals surface area contributed by atoms with Gasteiger partial charge < -0.3 is 20.5 Å². The van der Waals surface area contributed by atoms with Gasteiger partial charge in [-0.2, -0.15) is 0 Å². The zero-order chi connectivity index (χ0) is 13.9. The molecule has 1 unspecified atom stereocenters. The molecule has 1 fully saturated rings. The molecule has 3 N–H and O–H groups in total. The summed E-state index contributed by atoms with van der Waals surface area (Å²) in [6.07, 6.45) is 6.33. The van der Waals surface area contributed by atoms with E-state index in [2.05, 4.69) is 10.6 Å². The van der Waals surface area contributed by atoms with E-state index in [1.54, 1.807) is 0 Å². The SMILES string of the molecule is CCNC(=O)CCNCC(O)COC1CCCCC1. The molecule has 0 saturated heterocycles. The lowest BCUT2D eigenvalue weighted by molar-refractivity contribution is -0.120. The molecule has 0 aromatic rings. The quantitative estimate of drug-likeness (QED) is 0.543. The molecular formula is C14H28N2O3. The van der Waals surface area contributed by atoms with Crippen molar-refractivity contribution >= 4 is 5.91 Å². The van der Waals surface area contributed by atoms with Gasteiger partial charge in [0.15, 0.2) is 0 Å². The van der Waals surface area contributed by atoms with Gasteiger partial charge in [0.1, 0.15) is 0 Å². The van der Waals surface area contributed by atoms with Gasteiger partial charge in [-0.15, -0.1) is 0 Å². The first-order chi connectivity index (χ1) is 9.22. The number of hydrogen-bond donors (Lipinski definition) is 3. The molecule has 1 aliphatic rings. The maximum atomic E-state index is 11.2. The summed E-state index contributed by atoms with van der Waals surface area (Å²) in [5, 5.41) is 15.6. The first-order valence-electron chi connectivity index (χ1n) is 7.49. The van der Waals surface area contributed by atoms with Crippen LogP contribution in [0.3, 0.4) is 0 Å². The van der Waals surface area contributed by atoms with Gasteiger partial charge >= 0.3 is 0 Å². The number of rotatable bonds is 9. The number of amides is 1. The van der Waals surface area contributed by atoms with Crippen molar-refractivity contribution in [1.82, 2.24) is 10.6 Å². The number of carbonyl (C=O) groups is 1. The standard InChI is InChI=1S/C14H28N2O3/c1-2-16-14(18)8-9-15-10-12(17)11-19-13-6-4-3-5-7-13/h12-13,15,17H,2-11H2,1H3,(H,16,18). The molecule has 1 amide bonds. The molecule has 1 rings (SSSR count). The Bertz CT molecular complexity index is 243. The van der Waals surface area contributed by atoms with Crippen molar-refractivity contribution in [2.45, 2.75) is 57.7 Å². The topological polar surface area (TPSA) is 70.6 Å². The predicted octanol–water partition coefficient (Wildman–Crippen LogP) is 0.812. The second-order valence-corrected chi connectivity index (χ2v) is 5.15. The lowest BCUT2D eigenvalue weighted by atomic mass is 9.98. The van der Waals surface area contributed by atoms with Crippen LogP contribution < -0.4 is 10.6 Å². The molecule has 0 aromatic carbocycles. The second kappa shape index (κ2) is 10.2. The Labute approximate surface area is 116 Å². The van der Waals surface area contributed by atoms with E-state index < -0.39 is 6.10 Å². The summed E-state index contributed by atoms with van der Waals surface area (Å²) >= 11 is 0. The van der Waals surface area contributed by atoms with Gasteiger partial charge in [-0.25, -0.2) is 0 Å². The number of nitrogens with one attached hydrogen (secondary N) is 2. The Hall–Kier alpha value is -0.650. The minimum Gasteiger partial charge on any atom is -0.389 e. The third kappa shape index (κ3) is 8.18. The van der Waals surface area contributed by atoms with Crippen LogP contribution in [-0.4, -0.2) is 49.5 Å². The van der Waals surface area contributed by atoms with E-state index >= 15 is 0 Å². The summed E-state index contributed by atoms with van der Waals surface area (Å²) in [4.78, 5) is 11.2. The van der Waals surface area contributed by atoms with Crippen LogP contribution in [0.5, 0.6) is 0 Å². The minimum absolute atomic E-state index is 0.0444. The van der Waals surface area contributed by atoms with E-state index in [4.69, 9.17) is 4.74 Å². The number of hydrogen-bond acceptors (Lipinski definition) is 4. The minimum atomic E-state index is -0.490. The first-order valence-corrected chi connectivity index (χ1v) is 7.49. The van der Waals surface area contributed by atoms with Gasteiger partial charge in [-0.1, -0.05) is 19.3 Å². The Morgan fingerprint density at radius 1 is 1.37 bits per heavy atom. The van der Waals surface area contributed by atoms with Crippen LogP contribution in [0.1, 0.15) is 45.4 Å². The summed E-state index contributed by atoms with van der Waals surface area (Å²) < 4.78 is 5.69. The molecule has 0 aliphatic heterocycles. The molecule has 112 valence electrons. The fourth-order valence-corrected chi connectivity index (χ4v) is 2.29. The lowest BCUT2D eigenvalue weighted by Crippen LogP contribution is -2.34.